The van der Waals surface area contributed by atoms with Crippen molar-refractivity contribution < 1.29 is 18.9 Å². The van der Waals surface area contributed by atoms with E-state index in [2.05, 4.69) is 24.3 Å². The average molecular weight is 314 g/mol. The van der Waals surface area contributed by atoms with Crippen LogP contribution in [0.25, 0.3) is 0 Å². The molecule has 0 aromatic heterocycles. The van der Waals surface area contributed by atoms with Crippen LogP contribution in [0.1, 0.15) is 6.42 Å². The lowest BCUT2D eigenvalue weighted by Gasteiger charge is -2.32. The summed E-state index contributed by atoms with van der Waals surface area (Å²) >= 11 is 0. The molecule has 0 N–H and O–H groups in total. The van der Waals surface area contributed by atoms with Crippen LogP contribution in [-0.2, 0) is 18.9 Å². The first-order valence-corrected chi connectivity index (χ1v) is 8.57. The average Bonchev–Trinajstić information content (AvgIpc) is 3.32. The molecule has 0 amide bonds. The molecule has 0 aromatic rings. The van der Waals surface area contributed by atoms with E-state index in [0.29, 0.717) is 25.0 Å². The van der Waals surface area contributed by atoms with Gasteiger partial charge >= 0.3 is 0 Å². The monoisotopic (exact) mass is 314 g/mol. The first kappa shape index (κ1) is 14.2. The van der Waals surface area contributed by atoms with Gasteiger partial charge in [0, 0.05) is 11.8 Å². The van der Waals surface area contributed by atoms with Crippen LogP contribution in [0.4, 0.5) is 0 Å². The van der Waals surface area contributed by atoms with Gasteiger partial charge in [0.25, 0.3) is 0 Å². The van der Waals surface area contributed by atoms with Crippen molar-refractivity contribution in [2.24, 2.45) is 11.8 Å². The molecule has 4 heterocycles. The summed E-state index contributed by atoms with van der Waals surface area (Å²) in [5, 5.41) is 0. The van der Waals surface area contributed by atoms with Gasteiger partial charge < -0.3 is 18.9 Å². The highest BCUT2D eigenvalue weighted by molar-refractivity contribution is 5.39. The third kappa shape index (κ3) is 2.45. The van der Waals surface area contributed by atoms with Gasteiger partial charge in [-0.15, -0.1) is 0 Å². The molecule has 0 bridgehead atoms. The molecule has 0 saturated heterocycles. The van der Waals surface area contributed by atoms with Crippen molar-refractivity contribution in [1.82, 2.24) is 0 Å². The van der Waals surface area contributed by atoms with E-state index >= 15 is 0 Å². The molecule has 4 aliphatic heterocycles. The minimum Gasteiger partial charge on any atom is -0.373 e. The third-order valence-electron chi connectivity index (χ3n) is 5.64. The number of ether oxygens (including phenoxy) is 4. The van der Waals surface area contributed by atoms with Gasteiger partial charge in [-0.1, -0.05) is 24.3 Å². The lowest BCUT2D eigenvalue weighted by molar-refractivity contribution is -0.0712. The molecule has 0 radical (unpaired) electrons. The van der Waals surface area contributed by atoms with E-state index in [9.17, 15) is 0 Å². The van der Waals surface area contributed by atoms with Gasteiger partial charge in [0.15, 0.2) is 0 Å². The molecular formula is C19H22O4. The Bertz CT molecular complexity index is 573. The maximum absolute atomic E-state index is 6.20. The molecule has 0 aromatic carbocycles. The molecule has 23 heavy (non-hydrogen) atoms. The number of hydrogen-bond donors (Lipinski definition) is 0. The zero-order valence-corrected chi connectivity index (χ0v) is 13.2. The molecule has 4 atom stereocenters. The summed E-state index contributed by atoms with van der Waals surface area (Å²) in [5.41, 5.74) is 5.25. The lowest BCUT2D eigenvalue weighted by Crippen LogP contribution is -2.38. The zero-order chi connectivity index (χ0) is 15.2. The number of rotatable bonds is 2. The van der Waals surface area contributed by atoms with Gasteiger partial charge in [0.2, 0.25) is 0 Å². The maximum Gasteiger partial charge on any atom is 0.0910 e. The van der Waals surface area contributed by atoms with Crippen molar-refractivity contribution >= 4 is 0 Å². The standard InChI is InChI=1S/C19H22O4/c1-3-20-8-12(1)16-6-14-5-15-7-17(13-2-4-21-9-13)11-23-19(15)18(14)22-10-16/h1-2,6-7,14-15,18-19H,3-5,8-11H2/t14-,15+,18+,19-. The van der Waals surface area contributed by atoms with Crippen molar-refractivity contribution in [1.29, 1.82) is 0 Å². The first-order chi connectivity index (χ1) is 11.4. The fraction of sp³-hybridized carbons (Fsp3) is 0.579. The molecule has 0 spiro atoms. The zero-order valence-electron chi connectivity index (χ0n) is 13.2. The van der Waals surface area contributed by atoms with Crippen LogP contribution in [0, 0.1) is 11.8 Å². The molecule has 5 aliphatic rings. The number of hydrogen-bond acceptors (Lipinski definition) is 4. The van der Waals surface area contributed by atoms with E-state index in [1.165, 1.54) is 22.3 Å². The Kier molecular flexibility index (Phi) is 3.52. The predicted molar refractivity (Wildman–Crippen MR) is 85.0 cm³/mol. The Morgan fingerprint density at radius 1 is 0.652 bits per heavy atom. The van der Waals surface area contributed by atoms with Crippen molar-refractivity contribution in [2.75, 3.05) is 39.6 Å². The van der Waals surface area contributed by atoms with Gasteiger partial charge in [0.05, 0.1) is 51.8 Å². The smallest absolute Gasteiger partial charge is 0.0910 e. The maximum atomic E-state index is 6.20. The lowest BCUT2D eigenvalue weighted by atomic mass is 9.94. The Morgan fingerprint density at radius 3 is 1.61 bits per heavy atom. The Morgan fingerprint density at radius 2 is 1.17 bits per heavy atom. The van der Waals surface area contributed by atoms with Crippen LogP contribution >= 0.6 is 0 Å². The van der Waals surface area contributed by atoms with E-state index < -0.39 is 0 Å². The van der Waals surface area contributed by atoms with Crippen LogP contribution in [0.5, 0.6) is 0 Å². The van der Waals surface area contributed by atoms with Crippen molar-refractivity contribution in [2.45, 2.75) is 18.6 Å². The predicted octanol–water partition coefficient (Wildman–Crippen LogP) is 2.19. The quantitative estimate of drug-likeness (QED) is 0.783. The summed E-state index contributed by atoms with van der Waals surface area (Å²) in [6.45, 7) is 4.32. The summed E-state index contributed by atoms with van der Waals surface area (Å²) in [7, 11) is 0. The van der Waals surface area contributed by atoms with Crippen LogP contribution in [0.2, 0.25) is 0 Å². The molecule has 4 nitrogen and oxygen atoms in total. The Hall–Kier alpha value is -1.20. The second-order valence-corrected chi connectivity index (χ2v) is 6.99. The summed E-state index contributed by atoms with van der Waals surface area (Å²) in [6.07, 6.45) is 10.7. The minimum absolute atomic E-state index is 0.207. The first-order valence-electron chi connectivity index (χ1n) is 8.57. The molecule has 0 unspecified atom stereocenters. The van der Waals surface area contributed by atoms with E-state index in [4.69, 9.17) is 18.9 Å². The van der Waals surface area contributed by atoms with E-state index in [-0.39, 0.29) is 12.2 Å². The SMILES string of the molecule is C1=C(C2=C[C@H]3C[C@H]4C=C(C5=CCOC5)CO[C@H]4[C@H]3OC2)COC1. The molecule has 1 fully saturated rings. The largest absolute Gasteiger partial charge is 0.373 e. The summed E-state index contributed by atoms with van der Waals surface area (Å²) in [6, 6.07) is 0. The second kappa shape index (κ2) is 5.71. The van der Waals surface area contributed by atoms with Gasteiger partial charge in [-0.3, -0.25) is 0 Å². The van der Waals surface area contributed by atoms with E-state index in [1.807, 2.05) is 0 Å². The normalized spacial score (nSPS) is 39.3. The third-order valence-corrected chi connectivity index (χ3v) is 5.64. The molecular weight excluding hydrogens is 292 g/mol. The van der Waals surface area contributed by atoms with Crippen molar-refractivity contribution in [3.05, 3.63) is 46.6 Å². The summed E-state index contributed by atoms with van der Waals surface area (Å²) in [5.74, 6) is 0.916. The fourth-order valence-electron chi connectivity index (χ4n) is 4.44. The highest BCUT2D eigenvalue weighted by Gasteiger charge is 2.46. The molecule has 1 aliphatic carbocycles. The van der Waals surface area contributed by atoms with Crippen LogP contribution in [0.3, 0.4) is 0 Å². The van der Waals surface area contributed by atoms with Crippen LogP contribution in [-0.4, -0.2) is 51.8 Å². The summed E-state index contributed by atoms with van der Waals surface area (Å²) in [4.78, 5) is 0. The highest BCUT2D eigenvalue weighted by atomic mass is 16.5. The van der Waals surface area contributed by atoms with E-state index in [0.717, 1.165) is 32.8 Å². The second-order valence-electron chi connectivity index (χ2n) is 6.99. The van der Waals surface area contributed by atoms with Crippen molar-refractivity contribution in [3.8, 4) is 0 Å². The van der Waals surface area contributed by atoms with Gasteiger partial charge in [-0.2, -0.15) is 0 Å². The minimum atomic E-state index is 0.207. The fourth-order valence-corrected chi connectivity index (χ4v) is 4.44. The highest BCUT2D eigenvalue weighted by Crippen LogP contribution is 2.44. The molecule has 5 rings (SSSR count). The molecule has 4 heteroatoms. The Balaban J connectivity index is 1.37. The van der Waals surface area contributed by atoms with Gasteiger partial charge in [-0.25, -0.2) is 0 Å². The number of fused-ring (bicyclic) bond motifs is 3. The van der Waals surface area contributed by atoms with Gasteiger partial charge in [0.1, 0.15) is 0 Å². The molecule has 1 saturated carbocycles. The van der Waals surface area contributed by atoms with Gasteiger partial charge in [-0.05, 0) is 28.7 Å². The van der Waals surface area contributed by atoms with Crippen LogP contribution < -0.4 is 0 Å². The van der Waals surface area contributed by atoms with Crippen molar-refractivity contribution in [3.63, 3.8) is 0 Å². The van der Waals surface area contributed by atoms with E-state index in [1.54, 1.807) is 0 Å². The molecule has 122 valence electrons. The summed E-state index contributed by atoms with van der Waals surface area (Å²) < 4.78 is 23.3. The topological polar surface area (TPSA) is 36.9 Å². The van der Waals surface area contributed by atoms with Crippen LogP contribution in [0.15, 0.2) is 46.6 Å². The Labute approximate surface area is 136 Å².